The van der Waals surface area contributed by atoms with E-state index < -0.39 is 0 Å². The predicted molar refractivity (Wildman–Crippen MR) is 106 cm³/mol. The fourth-order valence-corrected chi connectivity index (χ4v) is 3.92. The summed E-state index contributed by atoms with van der Waals surface area (Å²) >= 11 is 0. The lowest BCUT2D eigenvalue weighted by Crippen LogP contribution is -2.48. The molecule has 144 valence electrons. The minimum absolute atomic E-state index is 0.0799. The summed E-state index contributed by atoms with van der Waals surface area (Å²) in [7, 11) is 0. The number of hydrogen-bond donors (Lipinski definition) is 1. The third-order valence-electron chi connectivity index (χ3n) is 5.53. The molecule has 1 N–H and O–H groups in total. The third kappa shape index (κ3) is 3.56. The van der Waals surface area contributed by atoms with Gasteiger partial charge in [-0.25, -0.2) is 0 Å². The Hall–Kier alpha value is -2.96. The van der Waals surface area contributed by atoms with Gasteiger partial charge in [0.05, 0.1) is 6.42 Å². The molecular weight excluding hydrogens is 352 g/mol. The molecule has 7 nitrogen and oxygen atoms in total. The summed E-state index contributed by atoms with van der Waals surface area (Å²) in [5.74, 6) is 2.48. The molecule has 2 fully saturated rings. The summed E-state index contributed by atoms with van der Waals surface area (Å²) in [6, 6.07) is 14.0. The van der Waals surface area contributed by atoms with Gasteiger partial charge in [-0.1, -0.05) is 30.3 Å². The van der Waals surface area contributed by atoms with Crippen molar-refractivity contribution in [2.24, 2.45) is 0 Å². The van der Waals surface area contributed by atoms with Gasteiger partial charge in [0.25, 0.3) is 0 Å². The number of carbonyl (C=O) groups excluding carboxylic acids is 1. The van der Waals surface area contributed by atoms with Gasteiger partial charge in [-0.3, -0.25) is 4.79 Å². The van der Waals surface area contributed by atoms with Crippen molar-refractivity contribution >= 4 is 17.4 Å². The van der Waals surface area contributed by atoms with Gasteiger partial charge < -0.3 is 10.2 Å². The molecule has 2 aliphatic rings. The second kappa shape index (κ2) is 7.22. The van der Waals surface area contributed by atoms with Crippen LogP contribution >= 0.6 is 0 Å². The molecular formula is C21H24N6O. The molecule has 1 saturated carbocycles. The summed E-state index contributed by atoms with van der Waals surface area (Å²) in [5.41, 5.74) is 1.84. The Morgan fingerprint density at radius 2 is 1.93 bits per heavy atom. The topological polar surface area (TPSA) is 75.4 Å². The van der Waals surface area contributed by atoms with Crippen LogP contribution in [0.2, 0.25) is 0 Å². The zero-order valence-corrected chi connectivity index (χ0v) is 15.8. The maximum atomic E-state index is 12.4. The Kier molecular flexibility index (Phi) is 4.43. The van der Waals surface area contributed by atoms with E-state index in [0.717, 1.165) is 48.8 Å². The second-order valence-electron chi connectivity index (χ2n) is 7.81. The standard InChI is InChI=1S/C21H24N6O/c28-20(13-15-5-2-1-3-6-15)22-17-7-4-12-26(14-17)19-11-10-18-23-24-21(16-8-9-16)27(18)25-19/h1-3,5-6,10-11,16-17H,4,7-9,12-14H2,(H,22,28). The van der Waals surface area contributed by atoms with Gasteiger partial charge >= 0.3 is 0 Å². The molecule has 1 saturated heterocycles. The fourth-order valence-electron chi connectivity index (χ4n) is 3.92. The van der Waals surface area contributed by atoms with Crippen LogP contribution < -0.4 is 10.2 Å². The number of aromatic nitrogens is 4. The molecule has 0 spiro atoms. The maximum Gasteiger partial charge on any atom is 0.224 e. The first-order valence-corrected chi connectivity index (χ1v) is 10.1. The van der Waals surface area contributed by atoms with Gasteiger partial charge in [0, 0.05) is 25.0 Å². The number of rotatable bonds is 5. The average molecular weight is 376 g/mol. The van der Waals surface area contributed by atoms with E-state index in [0.29, 0.717) is 12.3 Å². The van der Waals surface area contributed by atoms with Crippen molar-refractivity contribution in [1.29, 1.82) is 0 Å². The summed E-state index contributed by atoms with van der Waals surface area (Å²) in [5, 5.41) is 16.6. The lowest BCUT2D eigenvalue weighted by atomic mass is 10.0. The first-order chi connectivity index (χ1) is 13.8. The SMILES string of the molecule is O=C(Cc1ccccc1)NC1CCCN(c2ccc3nnc(C4CC4)n3n2)C1. The monoisotopic (exact) mass is 376 g/mol. The summed E-state index contributed by atoms with van der Waals surface area (Å²) in [6.07, 6.45) is 4.80. The number of nitrogens with zero attached hydrogens (tertiary/aromatic N) is 5. The predicted octanol–water partition coefficient (Wildman–Crippen LogP) is 2.33. The maximum absolute atomic E-state index is 12.4. The molecule has 7 heteroatoms. The molecule has 1 amide bonds. The van der Waals surface area contributed by atoms with Crippen LogP contribution in [0, 0.1) is 0 Å². The number of nitrogens with one attached hydrogen (secondary N) is 1. The molecule has 3 heterocycles. The highest BCUT2D eigenvalue weighted by Crippen LogP contribution is 2.38. The quantitative estimate of drug-likeness (QED) is 0.740. The van der Waals surface area contributed by atoms with Gasteiger partial charge in [0.1, 0.15) is 5.82 Å². The Morgan fingerprint density at radius 1 is 1.07 bits per heavy atom. The van der Waals surface area contributed by atoms with E-state index in [1.54, 1.807) is 0 Å². The smallest absolute Gasteiger partial charge is 0.224 e. The Balaban J connectivity index is 1.27. The minimum Gasteiger partial charge on any atom is -0.353 e. The van der Waals surface area contributed by atoms with Crippen LogP contribution in [0.5, 0.6) is 0 Å². The first kappa shape index (κ1) is 17.2. The molecule has 1 aliphatic carbocycles. The highest BCUT2D eigenvalue weighted by atomic mass is 16.1. The van der Waals surface area contributed by atoms with Crippen LogP contribution in [0.4, 0.5) is 5.82 Å². The number of fused-ring (bicyclic) bond motifs is 1. The minimum atomic E-state index is 0.0799. The molecule has 1 aromatic carbocycles. The number of hydrogen-bond acceptors (Lipinski definition) is 5. The molecule has 1 aliphatic heterocycles. The summed E-state index contributed by atoms with van der Waals surface area (Å²) < 4.78 is 1.89. The Labute approximate surface area is 163 Å². The molecule has 0 radical (unpaired) electrons. The molecule has 1 atom stereocenters. The van der Waals surface area contributed by atoms with Crippen molar-refractivity contribution in [2.45, 2.75) is 44.1 Å². The van der Waals surface area contributed by atoms with Gasteiger partial charge in [0.2, 0.25) is 5.91 Å². The van der Waals surface area contributed by atoms with Crippen molar-refractivity contribution in [1.82, 2.24) is 25.1 Å². The third-order valence-corrected chi connectivity index (χ3v) is 5.53. The largest absolute Gasteiger partial charge is 0.353 e. The van der Waals surface area contributed by atoms with Gasteiger partial charge in [-0.2, -0.15) is 4.52 Å². The van der Waals surface area contributed by atoms with E-state index in [-0.39, 0.29) is 11.9 Å². The van der Waals surface area contributed by atoms with Crippen molar-refractivity contribution in [2.75, 3.05) is 18.0 Å². The van der Waals surface area contributed by atoms with Crippen LogP contribution in [0.3, 0.4) is 0 Å². The molecule has 28 heavy (non-hydrogen) atoms. The second-order valence-corrected chi connectivity index (χ2v) is 7.81. The van der Waals surface area contributed by atoms with Crippen molar-refractivity contribution < 1.29 is 4.79 Å². The molecule has 3 aromatic rings. The van der Waals surface area contributed by atoms with Crippen LogP contribution in [0.1, 0.15) is 43.0 Å². The first-order valence-electron chi connectivity index (χ1n) is 10.1. The van der Waals surface area contributed by atoms with Gasteiger partial charge in [-0.15, -0.1) is 15.3 Å². The zero-order valence-electron chi connectivity index (χ0n) is 15.8. The average Bonchev–Trinajstić information content (AvgIpc) is 3.47. The zero-order chi connectivity index (χ0) is 18.9. The molecule has 0 bridgehead atoms. The van der Waals surface area contributed by atoms with Crippen molar-refractivity contribution in [3.63, 3.8) is 0 Å². The van der Waals surface area contributed by atoms with Crippen LogP contribution in [-0.4, -0.2) is 44.8 Å². The van der Waals surface area contributed by atoms with E-state index in [1.165, 1.54) is 12.8 Å². The fraction of sp³-hybridized carbons (Fsp3) is 0.429. The number of carbonyl (C=O) groups is 1. The Morgan fingerprint density at radius 3 is 2.75 bits per heavy atom. The lowest BCUT2D eigenvalue weighted by molar-refractivity contribution is -0.121. The van der Waals surface area contributed by atoms with Gasteiger partial charge in [-0.05, 0) is 43.4 Å². The van der Waals surface area contributed by atoms with E-state index in [1.807, 2.05) is 47.0 Å². The number of benzene rings is 1. The van der Waals surface area contributed by atoms with E-state index in [2.05, 4.69) is 20.4 Å². The van der Waals surface area contributed by atoms with Crippen LogP contribution in [0.25, 0.3) is 5.65 Å². The van der Waals surface area contributed by atoms with Crippen LogP contribution in [-0.2, 0) is 11.2 Å². The van der Waals surface area contributed by atoms with Gasteiger partial charge in [0.15, 0.2) is 11.5 Å². The number of anilines is 1. The normalized spacial score (nSPS) is 19.7. The molecule has 1 unspecified atom stereocenters. The summed E-state index contributed by atoms with van der Waals surface area (Å²) in [6.45, 7) is 1.73. The Bertz CT molecular complexity index is 981. The summed E-state index contributed by atoms with van der Waals surface area (Å²) in [4.78, 5) is 14.7. The van der Waals surface area contributed by atoms with E-state index in [4.69, 9.17) is 5.10 Å². The van der Waals surface area contributed by atoms with E-state index >= 15 is 0 Å². The van der Waals surface area contributed by atoms with Crippen molar-refractivity contribution in [3.8, 4) is 0 Å². The lowest BCUT2D eigenvalue weighted by Gasteiger charge is -2.33. The molecule has 5 rings (SSSR count). The highest BCUT2D eigenvalue weighted by Gasteiger charge is 2.30. The number of amides is 1. The highest BCUT2D eigenvalue weighted by molar-refractivity contribution is 5.79. The van der Waals surface area contributed by atoms with Crippen molar-refractivity contribution in [3.05, 3.63) is 53.9 Å². The molecule has 2 aromatic heterocycles. The van der Waals surface area contributed by atoms with E-state index in [9.17, 15) is 4.79 Å². The van der Waals surface area contributed by atoms with Crippen LogP contribution in [0.15, 0.2) is 42.5 Å². The number of piperidine rings is 1.